The average molecular weight is 282 g/mol. The summed E-state index contributed by atoms with van der Waals surface area (Å²) in [6, 6.07) is 8.96. The van der Waals surface area contributed by atoms with Crippen molar-refractivity contribution in [3.63, 3.8) is 0 Å². The van der Waals surface area contributed by atoms with Crippen LogP contribution in [0.3, 0.4) is 0 Å². The van der Waals surface area contributed by atoms with Gasteiger partial charge in [0.05, 0.1) is 0 Å². The van der Waals surface area contributed by atoms with Crippen molar-refractivity contribution in [3.05, 3.63) is 29.8 Å². The summed E-state index contributed by atoms with van der Waals surface area (Å²) in [4.78, 5) is 2.54. The summed E-state index contributed by atoms with van der Waals surface area (Å²) in [7, 11) is 0. The fourth-order valence-electron chi connectivity index (χ4n) is 2.00. The molecule has 0 atom stereocenters. The first-order valence-electron chi connectivity index (χ1n) is 6.23. The largest absolute Gasteiger partial charge is 0.371 e. The Morgan fingerprint density at radius 1 is 1.25 bits per heavy atom. The van der Waals surface area contributed by atoms with Gasteiger partial charge >= 0.3 is 0 Å². The van der Waals surface area contributed by atoms with Crippen molar-refractivity contribution < 1.29 is 0 Å². The van der Waals surface area contributed by atoms with Crippen molar-refractivity contribution in [2.24, 2.45) is 5.92 Å². The van der Waals surface area contributed by atoms with Gasteiger partial charge in [0, 0.05) is 24.1 Å². The van der Waals surface area contributed by atoms with Gasteiger partial charge in [-0.05, 0) is 42.9 Å². The molecule has 0 bridgehead atoms. The molecule has 1 nitrogen and oxygen atoms in total. The molecular formula is C14H20BrN. The molecule has 0 heterocycles. The maximum absolute atomic E-state index is 3.49. The second-order valence-corrected chi connectivity index (χ2v) is 5.25. The highest BCUT2D eigenvalue weighted by Crippen LogP contribution is 2.31. The normalized spacial score (nSPS) is 15.1. The second-order valence-electron chi connectivity index (χ2n) is 4.69. The molecular weight excluding hydrogens is 262 g/mol. The maximum Gasteiger partial charge on any atom is 0.0366 e. The van der Waals surface area contributed by atoms with Gasteiger partial charge < -0.3 is 4.90 Å². The zero-order valence-corrected chi connectivity index (χ0v) is 11.5. The maximum atomic E-state index is 3.49. The van der Waals surface area contributed by atoms with Crippen LogP contribution >= 0.6 is 15.9 Å². The van der Waals surface area contributed by atoms with Crippen LogP contribution in [-0.2, 0) is 5.33 Å². The van der Waals surface area contributed by atoms with Gasteiger partial charge in [0.2, 0.25) is 0 Å². The van der Waals surface area contributed by atoms with E-state index >= 15 is 0 Å². The van der Waals surface area contributed by atoms with Crippen molar-refractivity contribution in [2.75, 3.05) is 18.0 Å². The van der Waals surface area contributed by atoms with E-state index < -0.39 is 0 Å². The molecule has 1 fully saturated rings. The minimum atomic E-state index is 0.948. The lowest BCUT2D eigenvalue weighted by molar-refractivity contribution is 0.708. The average Bonchev–Trinajstić information content (AvgIpc) is 3.13. The highest BCUT2D eigenvalue weighted by molar-refractivity contribution is 9.08. The lowest BCUT2D eigenvalue weighted by Crippen LogP contribution is -2.26. The number of alkyl halides is 1. The van der Waals surface area contributed by atoms with E-state index in [9.17, 15) is 0 Å². The van der Waals surface area contributed by atoms with Crippen LogP contribution in [0.2, 0.25) is 0 Å². The monoisotopic (exact) mass is 281 g/mol. The van der Waals surface area contributed by atoms with Gasteiger partial charge in [-0.2, -0.15) is 0 Å². The van der Waals surface area contributed by atoms with Crippen molar-refractivity contribution in [2.45, 2.75) is 31.5 Å². The Hall–Kier alpha value is -0.500. The van der Waals surface area contributed by atoms with Gasteiger partial charge in [0.15, 0.2) is 0 Å². The molecule has 0 spiro atoms. The van der Waals surface area contributed by atoms with Crippen molar-refractivity contribution >= 4 is 21.6 Å². The quantitative estimate of drug-likeness (QED) is 0.706. The number of benzene rings is 1. The molecule has 0 aliphatic heterocycles. The molecule has 0 N–H and O–H groups in total. The summed E-state index contributed by atoms with van der Waals surface area (Å²) < 4.78 is 0. The van der Waals surface area contributed by atoms with E-state index in [1.165, 1.54) is 43.6 Å². The summed E-state index contributed by atoms with van der Waals surface area (Å²) in [5.41, 5.74) is 2.74. The Balaban J connectivity index is 2.03. The Kier molecular flexibility index (Phi) is 4.28. The van der Waals surface area contributed by atoms with Crippen LogP contribution in [0.4, 0.5) is 5.69 Å². The Labute approximate surface area is 107 Å². The molecule has 2 heteroatoms. The van der Waals surface area contributed by atoms with E-state index in [4.69, 9.17) is 0 Å². The van der Waals surface area contributed by atoms with E-state index in [0.717, 1.165) is 11.2 Å². The molecule has 1 aromatic rings. The minimum absolute atomic E-state index is 0.948. The zero-order chi connectivity index (χ0) is 11.4. The fourth-order valence-corrected chi connectivity index (χ4v) is 2.38. The molecule has 0 saturated heterocycles. The zero-order valence-electron chi connectivity index (χ0n) is 9.95. The summed E-state index contributed by atoms with van der Waals surface area (Å²) >= 11 is 3.49. The standard InChI is InChI=1S/C14H20BrN/c1-2-9-16(11-13-3-4-13)14-7-5-12(10-15)6-8-14/h5-8,13H,2-4,9-11H2,1H3. The van der Waals surface area contributed by atoms with Crippen molar-refractivity contribution in [1.29, 1.82) is 0 Å². The number of halogens is 1. The topological polar surface area (TPSA) is 3.24 Å². The number of anilines is 1. The molecule has 0 unspecified atom stereocenters. The predicted molar refractivity (Wildman–Crippen MR) is 74.3 cm³/mol. The third-order valence-corrected chi connectivity index (χ3v) is 3.77. The third-order valence-electron chi connectivity index (χ3n) is 3.12. The molecule has 2 rings (SSSR count). The van der Waals surface area contributed by atoms with Gasteiger partial charge in [0.1, 0.15) is 0 Å². The highest BCUT2D eigenvalue weighted by atomic mass is 79.9. The molecule has 1 aromatic carbocycles. The number of nitrogens with zero attached hydrogens (tertiary/aromatic N) is 1. The lowest BCUT2D eigenvalue weighted by Gasteiger charge is -2.24. The van der Waals surface area contributed by atoms with Crippen LogP contribution < -0.4 is 4.90 Å². The summed E-state index contributed by atoms with van der Waals surface area (Å²) in [6.45, 7) is 4.69. The summed E-state index contributed by atoms with van der Waals surface area (Å²) in [5, 5.41) is 0.948. The van der Waals surface area contributed by atoms with Gasteiger partial charge in [-0.3, -0.25) is 0 Å². The first kappa shape index (κ1) is 12.0. The molecule has 16 heavy (non-hydrogen) atoms. The highest BCUT2D eigenvalue weighted by Gasteiger charge is 2.24. The third kappa shape index (κ3) is 3.24. The van der Waals surface area contributed by atoms with E-state index in [1.54, 1.807) is 0 Å². The van der Waals surface area contributed by atoms with Crippen LogP contribution in [0.1, 0.15) is 31.7 Å². The molecule has 1 aliphatic rings. The van der Waals surface area contributed by atoms with Gasteiger partial charge in [0.25, 0.3) is 0 Å². The first-order chi connectivity index (χ1) is 7.83. The molecule has 0 amide bonds. The molecule has 1 aliphatic carbocycles. The van der Waals surface area contributed by atoms with Crippen LogP contribution in [0.5, 0.6) is 0 Å². The lowest BCUT2D eigenvalue weighted by atomic mass is 10.2. The van der Waals surface area contributed by atoms with Crippen LogP contribution in [0, 0.1) is 5.92 Å². The molecule has 88 valence electrons. The van der Waals surface area contributed by atoms with E-state index in [2.05, 4.69) is 52.0 Å². The van der Waals surface area contributed by atoms with Gasteiger partial charge in [-0.15, -0.1) is 0 Å². The number of hydrogen-bond donors (Lipinski definition) is 0. The number of hydrogen-bond acceptors (Lipinski definition) is 1. The van der Waals surface area contributed by atoms with Crippen LogP contribution in [-0.4, -0.2) is 13.1 Å². The van der Waals surface area contributed by atoms with Gasteiger partial charge in [-0.25, -0.2) is 0 Å². The summed E-state index contributed by atoms with van der Waals surface area (Å²) in [6.07, 6.45) is 4.09. The predicted octanol–water partition coefficient (Wildman–Crippen LogP) is 4.21. The minimum Gasteiger partial charge on any atom is -0.371 e. The second kappa shape index (κ2) is 5.72. The molecule has 0 aromatic heterocycles. The smallest absolute Gasteiger partial charge is 0.0366 e. The van der Waals surface area contributed by atoms with E-state index in [-0.39, 0.29) is 0 Å². The van der Waals surface area contributed by atoms with E-state index in [0.29, 0.717) is 0 Å². The summed E-state index contributed by atoms with van der Waals surface area (Å²) in [5.74, 6) is 0.961. The van der Waals surface area contributed by atoms with Crippen molar-refractivity contribution in [1.82, 2.24) is 0 Å². The number of rotatable bonds is 6. The fraction of sp³-hybridized carbons (Fsp3) is 0.571. The Morgan fingerprint density at radius 2 is 1.94 bits per heavy atom. The molecule has 1 saturated carbocycles. The van der Waals surface area contributed by atoms with E-state index in [1.807, 2.05) is 0 Å². The van der Waals surface area contributed by atoms with Crippen molar-refractivity contribution in [3.8, 4) is 0 Å². The Bertz CT molecular complexity index is 316. The first-order valence-corrected chi connectivity index (χ1v) is 7.35. The SMILES string of the molecule is CCCN(CC1CC1)c1ccc(CBr)cc1. The molecule has 0 radical (unpaired) electrons. The van der Waals surface area contributed by atoms with Crippen LogP contribution in [0.25, 0.3) is 0 Å². The Morgan fingerprint density at radius 3 is 2.44 bits per heavy atom. The van der Waals surface area contributed by atoms with Crippen LogP contribution in [0.15, 0.2) is 24.3 Å². The van der Waals surface area contributed by atoms with Gasteiger partial charge in [-0.1, -0.05) is 35.0 Å².